The third kappa shape index (κ3) is 6.49. The SMILES string of the molecule is CC(NC(=O)CNC(=O)[C@@H](N)C(C)C)c1cccc(OC(F)F)c1. The van der Waals surface area contributed by atoms with Crippen LogP contribution in [-0.4, -0.2) is 31.0 Å². The molecule has 4 N–H and O–H groups in total. The number of halogens is 2. The molecular formula is C16H23F2N3O3. The lowest BCUT2D eigenvalue weighted by Crippen LogP contribution is -2.47. The highest BCUT2D eigenvalue weighted by atomic mass is 19.3. The lowest BCUT2D eigenvalue weighted by atomic mass is 10.1. The summed E-state index contributed by atoms with van der Waals surface area (Å²) in [5.74, 6) is -0.837. The fourth-order valence-corrected chi connectivity index (χ4v) is 1.92. The Labute approximate surface area is 139 Å². The number of amides is 2. The van der Waals surface area contributed by atoms with Gasteiger partial charge in [-0.3, -0.25) is 9.59 Å². The normalized spacial score (nSPS) is 13.5. The molecule has 0 fully saturated rings. The molecule has 0 aliphatic heterocycles. The van der Waals surface area contributed by atoms with Crippen LogP contribution < -0.4 is 21.1 Å². The van der Waals surface area contributed by atoms with Crippen molar-refractivity contribution >= 4 is 11.8 Å². The number of nitrogens with two attached hydrogens (primary N) is 1. The molecule has 0 heterocycles. The van der Waals surface area contributed by atoms with Gasteiger partial charge in [0, 0.05) is 0 Å². The number of alkyl halides is 2. The standard InChI is InChI=1S/C16H23F2N3O3/c1-9(2)14(19)15(23)20-8-13(22)21-10(3)11-5-4-6-12(7-11)24-16(17)18/h4-7,9-10,14,16H,8,19H2,1-3H3,(H,20,23)(H,21,22)/t10?,14-/m0/s1. The quantitative estimate of drug-likeness (QED) is 0.668. The van der Waals surface area contributed by atoms with Crippen LogP contribution in [0.25, 0.3) is 0 Å². The highest BCUT2D eigenvalue weighted by molar-refractivity contribution is 5.87. The molecule has 0 aliphatic rings. The Morgan fingerprint density at radius 3 is 2.50 bits per heavy atom. The van der Waals surface area contributed by atoms with Crippen molar-refractivity contribution in [2.75, 3.05) is 6.54 Å². The first-order valence-electron chi connectivity index (χ1n) is 7.58. The fraction of sp³-hybridized carbons (Fsp3) is 0.500. The third-order valence-electron chi connectivity index (χ3n) is 3.40. The highest BCUT2D eigenvalue weighted by Gasteiger charge is 2.18. The molecule has 1 rings (SSSR count). The molecule has 0 aromatic heterocycles. The topological polar surface area (TPSA) is 93.5 Å². The van der Waals surface area contributed by atoms with E-state index < -0.39 is 30.5 Å². The summed E-state index contributed by atoms with van der Waals surface area (Å²) < 4.78 is 28.8. The largest absolute Gasteiger partial charge is 0.435 e. The minimum Gasteiger partial charge on any atom is -0.435 e. The maximum absolute atomic E-state index is 12.2. The van der Waals surface area contributed by atoms with E-state index in [0.29, 0.717) is 5.56 Å². The molecule has 0 aliphatic carbocycles. The maximum Gasteiger partial charge on any atom is 0.387 e. The molecule has 24 heavy (non-hydrogen) atoms. The van der Waals surface area contributed by atoms with Gasteiger partial charge >= 0.3 is 6.61 Å². The molecule has 0 radical (unpaired) electrons. The number of carbonyl (C=O) groups is 2. The van der Waals surface area contributed by atoms with Crippen LogP contribution in [-0.2, 0) is 9.59 Å². The lowest BCUT2D eigenvalue weighted by Gasteiger charge is -2.17. The van der Waals surface area contributed by atoms with Gasteiger partial charge in [0.05, 0.1) is 18.6 Å². The van der Waals surface area contributed by atoms with Gasteiger partial charge < -0.3 is 21.1 Å². The summed E-state index contributed by atoms with van der Waals surface area (Å²) in [6.07, 6.45) is 0. The van der Waals surface area contributed by atoms with E-state index in [-0.39, 0.29) is 18.2 Å². The van der Waals surface area contributed by atoms with E-state index in [1.165, 1.54) is 12.1 Å². The summed E-state index contributed by atoms with van der Waals surface area (Å²) in [4.78, 5) is 23.6. The average Bonchev–Trinajstić information content (AvgIpc) is 2.51. The molecule has 1 unspecified atom stereocenters. The Morgan fingerprint density at radius 2 is 1.92 bits per heavy atom. The van der Waals surface area contributed by atoms with Gasteiger partial charge in [0.1, 0.15) is 5.75 Å². The summed E-state index contributed by atoms with van der Waals surface area (Å²) in [6, 6.07) is 4.94. The molecule has 0 saturated carbocycles. The van der Waals surface area contributed by atoms with Gasteiger partial charge in [0.25, 0.3) is 0 Å². The van der Waals surface area contributed by atoms with E-state index in [1.54, 1.807) is 32.9 Å². The Morgan fingerprint density at radius 1 is 1.25 bits per heavy atom. The molecule has 6 nitrogen and oxygen atoms in total. The van der Waals surface area contributed by atoms with Crippen LogP contribution in [0.2, 0.25) is 0 Å². The van der Waals surface area contributed by atoms with Gasteiger partial charge in [-0.15, -0.1) is 0 Å². The summed E-state index contributed by atoms with van der Waals surface area (Å²) in [7, 11) is 0. The molecule has 2 amide bonds. The number of nitrogens with one attached hydrogen (secondary N) is 2. The zero-order valence-corrected chi connectivity index (χ0v) is 13.9. The van der Waals surface area contributed by atoms with Crippen molar-refractivity contribution in [1.29, 1.82) is 0 Å². The molecule has 0 bridgehead atoms. The Balaban J connectivity index is 2.53. The molecule has 1 aromatic rings. The maximum atomic E-state index is 12.2. The number of ether oxygens (including phenoxy) is 1. The predicted molar refractivity (Wildman–Crippen MR) is 85.5 cm³/mol. The number of benzene rings is 1. The minimum atomic E-state index is -2.91. The predicted octanol–water partition coefficient (Wildman–Crippen LogP) is 1.56. The smallest absolute Gasteiger partial charge is 0.387 e. The van der Waals surface area contributed by atoms with E-state index in [4.69, 9.17) is 5.73 Å². The van der Waals surface area contributed by atoms with Crippen molar-refractivity contribution < 1.29 is 23.1 Å². The van der Waals surface area contributed by atoms with Crippen LogP contribution >= 0.6 is 0 Å². The van der Waals surface area contributed by atoms with Gasteiger partial charge in [0.2, 0.25) is 11.8 Å². The molecule has 134 valence electrons. The molecule has 8 heteroatoms. The van der Waals surface area contributed by atoms with Gasteiger partial charge in [0.15, 0.2) is 0 Å². The Hall–Kier alpha value is -2.22. The van der Waals surface area contributed by atoms with Crippen LogP contribution in [0.5, 0.6) is 5.75 Å². The lowest BCUT2D eigenvalue weighted by molar-refractivity contribution is -0.127. The fourth-order valence-electron chi connectivity index (χ4n) is 1.92. The van der Waals surface area contributed by atoms with Crippen molar-refractivity contribution in [1.82, 2.24) is 10.6 Å². The van der Waals surface area contributed by atoms with Crippen LogP contribution in [0.1, 0.15) is 32.4 Å². The van der Waals surface area contributed by atoms with E-state index in [9.17, 15) is 18.4 Å². The second-order valence-electron chi connectivity index (χ2n) is 5.73. The Bertz CT molecular complexity index is 567. The molecule has 1 aromatic carbocycles. The van der Waals surface area contributed by atoms with Crippen LogP contribution in [0, 0.1) is 5.92 Å². The van der Waals surface area contributed by atoms with Gasteiger partial charge in [-0.2, -0.15) is 8.78 Å². The van der Waals surface area contributed by atoms with Crippen molar-refractivity contribution in [3.63, 3.8) is 0 Å². The zero-order chi connectivity index (χ0) is 18.3. The van der Waals surface area contributed by atoms with E-state index in [2.05, 4.69) is 15.4 Å². The van der Waals surface area contributed by atoms with Crippen LogP contribution in [0.4, 0.5) is 8.78 Å². The molecule has 2 atom stereocenters. The number of hydrogen-bond donors (Lipinski definition) is 3. The summed E-state index contributed by atoms with van der Waals surface area (Å²) >= 11 is 0. The van der Waals surface area contributed by atoms with Crippen molar-refractivity contribution in [2.24, 2.45) is 11.7 Å². The van der Waals surface area contributed by atoms with Crippen LogP contribution in [0.15, 0.2) is 24.3 Å². The highest BCUT2D eigenvalue weighted by Crippen LogP contribution is 2.20. The van der Waals surface area contributed by atoms with Gasteiger partial charge in [-0.05, 0) is 30.5 Å². The number of rotatable bonds is 8. The molecular weight excluding hydrogens is 320 g/mol. The van der Waals surface area contributed by atoms with Crippen molar-refractivity contribution in [3.8, 4) is 5.75 Å². The first-order valence-corrected chi connectivity index (χ1v) is 7.58. The second-order valence-corrected chi connectivity index (χ2v) is 5.73. The van der Waals surface area contributed by atoms with Crippen molar-refractivity contribution in [2.45, 2.75) is 39.5 Å². The summed E-state index contributed by atoms with van der Waals surface area (Å²) in [5, 5.41) is 5.12. The minimum absolute atomic E-state index is 0.0137. The van der Waals surface area contributed by atoms with Crippen molar-refractivity contribution in [3.05, 3.63) is 29.8 Å². The zero-order valence-electron chi connectivity index (χ0n) is 13.9. The number of carbonyl (C=O) groups excluding carboxylic acids is 2. The molecule has 0 saturated heterocycles. The Kier molecular flexibility index (Phi) is 7.57. The monoisotopic (exact) mass is 343 g/mol. The summed E-state index contributed by atoms with van der Waals surface area (Å²) in [6.45, 7) is 2.19. The summed E-state index contributed by atoms with van der Waals surface area (Å²) in [5.41, 5.74) is 6.28. The van der Waals surface area contributed by atoms with Gasteiger partial charge in [-0.25, -0.2) is 0 Å². The van der Waals surface area contributed by atoms with E-state index in [1.807, 2.05) is 0 Å². The van der Waals surface area contributed by atoms with Gasteiger partial charge in [-0.1, -0.05) is 26.0 Å². The average molecular weight is 343 g/mol. The third-order valence-corrected chi connectivity index (χ3v) is 3.40. The van der Waals surface area contributed by atoms with E-state index >= 15 is 0 Å². The van der Waals surface area contributed by atoms with Crippen LogP contribution in [0.3, 0.4) is 0 Å². The first kappa shape index (κ1) is 19.8. The number of hydrogen-bond acceptors (Lipinski definition) is 4. The first-order chi connectivity index (χ1) is 11.2. The molecule has 0 spiro atoms. The second kappa shape index (κ2) is 9.17. The van der Waals surface area contributed by atoms with E-state index in [0.717, 1.165) is 0 Å².